The summed E-state index contributed by atoms with van der Waals surface area (Å²) < 4.78 is 0. The molecule has 0 unspecified atom stereocenters. The second-order valence-electron chi connectivity index (χ2n) is 11.2. The second-order valence-corrected chi connectivity index (χ2v) is 11.2. The summed E-state index contributed by atoms with van der Waals surface area (Å²) in [5, 5.41) is 30.9. The van der Waals surface area contributed by atoms with Crippen LogP contribution in [-0.4, -0.2) is 44.2 Å². The zero-order valence-electron chi connectivity index (χ0n) is 23.9. The summed E-state index contributed by atoms with van der Waals surface area (Å²) in [6.45, 7) is 0. The Kier molecular flexibility index (Phi) is 5.73. The van der Waals surface area contributed by atoms with Crippen molar-refractivity contribution in [2.75, 3.05) is 38.0 Å². The van der Waals surface area contributed by atoms with Crippen LogP contribution in [0.4, 0.5) is 11.4 Å². The van der Waals surface area contributed by atoms with Crippen LogP contribution in [0.25, 0.3) is 54.2 Å². The van der Waals surface area contributed by atoms with E-state index in [0.29, 0.717) is 11.1 Å². The van der Waals surface area contributed by atoms with Gasteiger partial charge < -0.3 is 20.0 Å². The molecule has 0 amide bonds. The van der Waals surface area contributed by atoms with Gasteiger partial charge in [-0.05, 0) is 21.5 Å². The zero-order valence-corrected chi connectivity index (χ0v) is 23.9. The Balaban J connectivity index is 1.62. The fourth-order valence-electron chi connectivity index (χ4n) is 6.76. The third kappa shape index (κ3) is 3.46. The first-order chi connectivity index (χ1) is 20.3. The molecule has 6 aromatic rings. The number of aliphatic hydroxyl groups is 2. The van der Waals surface area contributed by atoms with Gasteiger partial charge in [-0.2, -0.15) is 0 Å². The molecule has 0 spiro atoms. The quantitative estimate of drug-likeness (QED) is 0.216. The van der Waals surface area contributed by atoms with Crippen LogP contribution in [0.3, 0.4) is 0 Å². The third-order valence-electron chi connectivity index (χ3n) is 8.35. The van der Waals surface area contributed by atoms with Crippen molar-refractivity contribution in [1.82, 2.24) is 0 Å². The van der Waals surface area contributed by atoms with Crippen molar-refractivity contribution < 1.29 is 15.0 Å². The number of Topliss-reactive ketones (excluding diaryl/α,β-unsaturated/α-hetero) is 1. The normalized spacial score (nSPS) is 13.8. The lowest BCUT2D eigenvalue weighted by molar-refractivity contribution is -0.112. The minimum absolute atomic E-state index is 0.116. The highest BCUT2D eigenvalue weighted by Gasteiger charge is 2.38. The summed E-state index contributed by atoms with van der Waals surface area (Å²) in [6.07, 6.45) is 0. The third-order valence-corrected chi connectivity index (χ3v) is 8.35. The van der Waals surface area contributed by atoms with E-state index in [4.69, 9.17) is 0 Å². The van der Waals surface area contributed by atoms with Crippen LogP contribution in [0, 0.1) is 0 Å². The van der Waals surface area contributed by atoms with E-state index in [1.165, 1.54) is 0 Å². The van der Waals surface area contributed by atoms with Crippen molar-refractivity contribution in [3.8, 4) is 0 Å². The van der Waals surface area contributed by atoms with Crippen LogP contribution in [0.1, 0.15) is 11.1 Å². The summed E-state index contributed by atoms with van der Waals surface area (Å²) in [5.41, 5.74) is 3.61. The Morgan fingerprint density at radius 3 is 1.02 bits per heavy atom. The summed E-state index contributed by atoms with van der Waals surface area (Å²) in [6, 6.07) is 31.7. The summed E-state index contributed by atoms with van der Waals surface area (Å²) in [7, 11) is 8.02. The molecule has 0 heterocycles. The SMILES string of the molecule is CN(C)c1c2ccccc2c(C2=C(O)C(c3c4ccccc4c(N(C)C)c4ccccc34)=C(O)C2=O)c2ccccc12. The largest absolute Gasteiger partial charge is 0.506 e. The van der Waals surface area contributed by atoms with Crippen molar-refractivity contribution >= 4 is 71.4 Å². The minimum Gasteiger partial charge on any atom is -0.506 e. The van der Waals surface area contributed by atoms with Crippen LogP contribution in [0.15, 0.2) is 109 Å². The topological polar surface area (TPSA) is 64.0 Å². The summed E-state index contributed by atoms with van der Waals surface area (Å²) >= 11 is 0. The Morgan fingerprint density at radius 1 is 0.429 bits per heavy atom. The van der Waals surface area contributed by atoms with Crippen molar-refractivity contribution in [1.29, 1.82) is 0 Å². The van der Waals surface area contributed by atoms with Crippen LogP contribution in [-0.2, 0) is 4.79 Å². The standard InChI is InChI=1S/C37H30N2O3/c1-38(2)33-25-17-9-5-13-21(25)29(22-14-6-10-18-26(22)33)31-35(40)32(37(42)36(31)41)30-23-15-7-11-19-27(23)34(39(3)4)28-20-12-8-16-24(28)30/h5-20,40H,1-4H3,(H,41,42). The van der Waals surface area contributed by atoms with Gasteiger partial charge in [0.2, 0.25) is 5.78 Å². The number of nitrogens with zero attached hydrogens (tertiary/aromatic N) is 2. The van der Waals surface area contributed by atoms with Crippen molar-refractivity contribution in [2.45, 2.75) is 0 Å². The molecule has 5 heteroatoms. The molecule has 0 aliphatic heterocycles. The van der Waals surface area contributed by atoms with E-state index >= 15 is 0 Å². The number of carbonyl (C=O) groups is 1. The Hall–Kier alpha value is -5.29. The highest BCUT2D eigenvalue weighted by molar-refractivity contribution is 6.42. The lowest BCUT2D eigenvalue weighted by Crippen LogP contribution is -2.11. The van der Waals surface area contributed by atoms with Crippen LogP contribution in [0.5, 0.6) is 0 Å². The molecule has 6 aromatic carbocycles. The van der Waals surface area contributed by atoms with Crippen LogP contribution < -0.4 is 9.80 Å². The average Bonchev–Trinajstić information content (AvgIpc) is 3.20. The van der Waals surface area contributed by atoms with Gasteiger partial charge in [0.15, 0.2) is 5.76 Å². The van der Waals surface area contributed by atoms with Gasteiger partial charge in [-0.15, -0.1) is 0 Å². The predicted octanol–water partition coefficient (Wildman–Crippen LogP) is 8.25. The number of anilines is 2. The molecular weight excluding hydrogens is 520 g/mol. The highest BCUT2D eigenvalue weighted by atomic mass is 16.3. The first kappa shape index (κ1) is 25.7. The van der Waals surface area contributed by atoms with Gasteiger partial charge in [-0.1, -0.05) is 97.1 Å². The smallest absolute Gasteiger partial charge is 0.232 e. The van der Waals surface area contributed by atoms with E-state index in [0.717, 1.165) is 54.5 Å². The van der Waals surface area contributed by atoms with Crippen molar-refractivity contribution in [3.63, 3.8) is 0 Å². The van der Waals surface area contributed by atoms with Crippen LogP contribution >= 0.6 is 0 Å². The molecular formula is C37H30N2O3. The Bertz CT molecular complexity index is 2070. The van der Waals surface area contributed by atoms with Gasteiger partial charge in [-0.25, -0.2) is 0 Å². The van der Waals surface area contributed by atoms with Gasteiger partial charge in [0.1, 0.15) is 5.76 Å². The number of benzene rings is 6. The lowest BCUT2D eigenvalue weighted by atomic mass is 9.88. The maximum atomic E-state index is 14.1. The van der Waals surface area contributed by atoms with E-state index < -0.39 is 11.5 Å². The molecule has 2 N–H and O–H groups in total. The molecule has 206 valence electrons. The maximum absolute atomic E-state index is 14.1. The molecule has 1 aliphatic rings. The number of allylic oxidation sites excluding steroid dienone is 2. The molecule has 1 aliphatic carbocycles. The number of carbonyl (C=O) groups excluding carboxylic acids is 1. The first-order valence-electron chi connectivity index (χ1n) is 13.9. The van der Waals surface area contributed by atoms with Crippen LogP contribution in [0.2, 0.25) is 0 Å². The summed E-state index contributed by atoms with van der Waals surface area (Å²) in [4.78, 5) is 18.3. The fourth-order valence-corrected chi connectivity index (χ4v) is 6.76. The minimum atomic E-state index is -0.583. The molecule has 0 saturated heterocycles. The van der Waals surface area contributed by atoms with E-state index in [-0.39, 0.29) is 16.9 Å². The zero-order chi connectivity index (χ0) is 29.3. The van der Waals surface area contributed by atoms with Gasteiger partial charge >= 0.3 is 0 Å². The Morgan fingerprint density at radius 2 is 0.714 bits per heavy atom. The van der Waals surface area contributed by atoms with Gasteiger partial charge in [0.25, 0.3) is 0 Å². The number of aliphatic hydroxyl groups excluding tert-OH is 2. The molecule has 0 radical (unpaired) electrons. The van der Waals surface area contributed by atoms with E-state index in [2.05, 4.69) is 9.80 Å². The molecule has 0 aromatic heterocycles. The number of rotatable bonds is 4. The van der Waals surface area contributed by atoms with Crippen molar-refractivity contribution in [2.24, 2.45) is 0 Å². The fraction of sp³-hybridized carbons (Fsp3) is 0.108. The monoisotopic (exact) mass is 550 g/mol. The number of ketones is 1. The first-order valence-corrected chi connectivity index (χ1v) is 13.9. The molecule has 0 fully saturated rings. The summed E-state index contributed by atoms with van der Waals surface area (Å²) in [5.74, 6) is -1.24. The predicted molar refractivity (Wildman–Crippen MR) is 176 cm³/mol. The molecule has 0 atom stereocenters. The molecule has 5 nitrogen and oxygen atoms in total. The lowest BCUT2D eigenvalue weighted by Gasteiger charge is -2.23. The Labute approximate surface area is 243 Å². The van der Waals surface area contributed by atoms with Gasteiger partial charge in [-0.3, -0.25) is 4.79 Å². The number of hydrogen-bond donors (Lipinski definition) is 2. The maximum Gasteiger partial charge on any atom is 0.232 e. The number of fused-ring (bicyclic) bond motifs is 4. The van der Waals surface area contributed by atoms with E-state index in [1.807, 2.05) is 125 Å². The van der Waals surface area contributed by atoms with E-state index in [9.17, 15) is 15.0 Å². The van der Waals surface area contributed by atoms with Crippen molar-refractivity contribution in [3.05, 3.63) is 120 Å². The highest BCUT2D eigenvalue weighted by Crippen LogP contribution is 2.50. The molecule has 42 heavy (non-hydrogen) atoms. The van der Waals surface area contributed by atoms with E-state index in [1.54, 1.807) is 0 Å². The average molecular weight is 551 g/mol. The number of hydrogen-bond acceptors (Lipinski definition) is 5. The van der Waals surface area contributed by atoms with Gasteiger partial charge in [0, 0.05) is 60.9 Å². The molecule has 0 saturated carbocycles. The second kappa shape index (κ2) is 9.38. The van der Waals surface area contributed by atoms with Gasteiger partial charge in [0.05, 0.1) is 22.5 Å². The molecule has 0 bridgehead atoms. The molecule has 7 rings (SSSR count).